The molecule has 0 N–H and O–H groups in total. The molecule has 0 spiro atoms. The Balaban J connectivity index is 3.24. The molecular formula is C12H14BrClO2. The van der Waals surface area contributed by atoms with Crippen LogP contribution in [0.25, 0.3) is 0 Å². The second-order valence-electron chi connectivity index (χ2n) is 3.34. The van der Waals surface area contributed by atoms with Gasteiger partial charge in [0.2, 0.25) is 0 Å². The van der Waals surface area contributed by atoms with Crippen molar-refractivity contribution in [2.45, 2.75) is 24.6 Å². The maximum atomic E-state index is 12.0. The smallest absolute Gasteiger partial charge is 0.180 e. The van der Waals surface area contributed by atoms with E-state index in [1.165, 1.54) is 0 Å². The van der Waals surface area contributed by atoms with E-state index in [-0.39, 0.29) is 10.6 Å². The first-order valence-corrected chi connectivity index (χ1v) is 6.55. The van der Waals surface area contributed by atoms with Crippen molar-refractivity contribution in [3.05, 3.63) is 29.3 Å². The van der Waals surface area contributed by atoms with Crippen LogP contribution in [0.4, 0.5) is 0 Å². The molecule has 0 aromatic heterocycles. The number of carbonyl (C=O) groups excluding carboxylic acids is 1. The molecule has 16 heavy (non-hydrogen) atoms. The maximum absolute atomic E-state index is 12.0. The summed E-state index contributed by atoms with van der Waals surface area (Å²) in [6.07, 6.45) is 0. The van der Waals surface area contributed by atoms with E-state index in [2.05, 4.69) is 15.9 Å². The molecular weight excluding hydrogens is 291 g/mol. The first kappa shape index (κ1) is 13.5. The molecule has 1 aromatic rings. The summed E-state index contributed by atoms with van der Waals surface area (Å²) in [6.45, 7) is 4.21. The maximum Gasteiger partial charge on any atom is 0.180 e. The molecule has 1 rings (SSSR count). The van der Waals surface area contributed by atoms with E-state index in [9.17, 15) is 4.79 Å². The van der Waals surface area contributed by atoms with E-state index in [1.807, 2.05) is 19.1 Å². The number of ketones is 1. The van der Waals surface area contributed by atoms with Crippen molar-refractivity contribution in [1.29, 1.82) is 0 Å². The summed E-state index contributed by atoms with van der Waals surface area (Å²) in [7, 11) is 0. The van der Waals surface area contributed by atoms with Crippen LogP contribution in [-0.2, 0) is 5.88 Å². The Bertz CT molecular complexity index is 377. The van der Waals surface area contributed by atoms with Crippen molar-refractivity contribution in [1.82, 2.24) is 0 Å². The van der Waals surface area contributed by atoms with Crippen LogP contribution in [0, 0.1) is 0 Å². The molecule has 88 valence electrons. The third kappa shape index (κ3) is 2.98. The van der Waals surface area contributed by atoms with Gasteiger partial charge in [-0.05, 0) is 25.5 Å². The Kier molecular flexibility index (Phi) is 5.29. The molecule has 0 aliphatic carbocycles. The Labute approximate surface area is 109 Å². The van der Waals surface area contributed by atoms with Crippen LogP contribution in [0.5, 0.6) is 5.75 Å². The van der Waals surface area contributed by atoms with Crippen molar-refractivity contribution in [3.63, 3.8) is 0 Å². The van der Waals surface area contributed by atoms with Gasteiger partial charge in [-0.3, -0.25) is 4.79 Å². The molecule has 0 heterocycles. The monoisotopic (exact) mass is 304 g/mol. The quantitative estimate of drug-likeness (QED) is 0.611. The predicted octanol–water partition coefficient (Wildman–Crippen LogP) is 3.79. The van der Waals surface area contributed by atoms with Crippen molar-refractivity contribution in [3.8, 4) is 5.75 Å². The van der Waals surface area contributed by atoms with E-state index in [4.69, 9.17) is 16.3 Å². The molecule has 0 bridgehead atoms. The van der Waals surface area contributed by atoms with Crippen molar-refractivity contribution >= 4 is 33.3 Å². The van der Waals surface area contributed by atoms with Gasteiger partial charge in [-0.15, -0.1) is 11.6 Å². The number of hydrogen-bond acceptors (Lipinski definition) is 2. The minimum Gasteiger partial charge on any atom is -0.493 e. The average Bonchev–Trinajstić information content (AvgIpc) is 2.28. The third-order valence-electron chi connectivity index (χ3n) is 2.16. The number of alkyl halides is 2. The van der Waals surface area contributed by atoms with Gasteiger partial charge in [-0.1, -0.05) is 28.1 Å². The zero-order valence-electron chi connectivity index (χ0n) is 9.30. The number of hydrogen-bond donors (Lipinski definition) is 0. The molecule has 0 radical (unpaired) electrons. The van der Waals surface area contributed by atoms with Gasteiger partial charge in [0.1, 0.15) is 5.75 Å². The molecule has 0 aliphatic rings. The first-order chi connectivity index (χ1) is 7.61. The minimum absolute atomic E-state index is 0.000278. The normalized spacial score (nSPS) is 12.2. The lowest BCUT2D eigenvalue weighted by molar-refractivity contribution is 0.0991. The number of rotatable bonds is 5. The van der Waals surface area contributed by atoms with Gasteiger partial charge >= 0.3 is 0 Å². The van der Waals surface area contributed by atoms with Crippen LogP contribution in [0.15, 0.2) is 18.2 Å². The standard InChI is InChI=1S/C12H14BrClO2/c1-3-16-10-6-4-5-9(7-14)11(10)12(15)8(2)13/h4-6,8H,3,7H2,1-2H3. The summed E-state index contributed by atoms with van der Waals surface area (Å²) >= 11 is 9.11. The molecule has 1 unspecified atom stereocenters. The van der Waals surface area contributed by atoms with Crippen LogP contribution >= 0.6 is 27.5 Å². The zero-order chi connectivity index (χ0) is 12.1. The lowest BCUT2D eigenvalue weighted by atomic mass is 10.0. The first-order valence-electron chi connectivity index (χ1n) is 5.10. The highest BCUT2D eigenvalue weighted by Gasteiger charge is 2.20. The highest BCUT2D eigenvalue weighted by molar-refractivity contribution is 9.10. The second kappa shape index (κ2) is 6.26. The van der Waals surface area contributed by atoms with Crippen LogP contribution in [0.1, 0.15) is 29.8 Å². The second-order valence-corrected chi connectivity index (χ2v) is 4.98. The lowest BCUT2D eigenvalue weighted by Crippen LogP contribution is -2.14. The summed E-state index contributed by atoms with van der Waals surface area (Å²) in [4.78, 5) is 11.8. The fourth-order valence-electron chi connectivity index (χ4n) is 1.44. The van der Waals surface area contributed by atoms with Gasteiger partial charge in [0, 0.05) is 5.88 Å². The minimum atomic E-state index is -0.240. The molecule has 2 nitrogen and oxygen atoms in total. The van der Waals surface area contributed by atoms with Gasteiger partial charge in [0.15, 0.2) is 5.78 Å². The van der Waals surface area contributed by atoms with E-state index in [0.717, 1.165) is 5.56 Å². The number of Topliss-reactive ketones (excluding diaryl/α,β-unsaturated/α-hetero) is 1. The fourth-order valence-corrected chi connectivity index (χ4v) is 1.89. The number of benzene rings is 1. The van der Waals surface area contributed by atoms with E-state index in [0.29, 0.717) is 23.8 Å². The molecule has 0 saturated heterocycles. The molecule has 0 aliphatic heterocycles. The Morgan fingerprint density at radius 2 is 2.25 bits per heavy atom. The molecule has 4 heteroatoms. The lowest BCUT2D eigenvalue weighted by Gasteiger charge is -2.13. The summed E-state index contributed by atoms with van der Waals surface area (Å²) in [5.74, 6) is 0.915. The summed E-state index contributed by atoms with van der Waals surface area (Å²) in [5, 5.41) is 0. The van der Waals surface area contributed by atoms with E-state index in [1.54, 1.807) is 13.0 Å². The highest BCUT2D eigenvalue weighted by atomic mass is 79.9. The van der Waals surface area contributed by atoms with Gasteiger partial charge in [0.05, 0.1) is 17.0 Å². The SMILES string of the molecule is CCOc1cccc(CCl)c1C(=O)C(C)Br. The Morgan fingerprint density at radius 3 is 2.75 bits per heavy atom. The average molecular weight is 306 g/mol. The van der Waals surface area contributed by atoms with Crippen molar-refractivity contribution < 1.29 is 9.53 Å². The summed E-state index contributed by atoms with van der Waals surface area (Å²) in [5.41, 5.74) is 1.40. The number of carbonyl (C=O) groups is 1. The van der Waals surface area contributed by atoms with Gasteiger partial charge in [0.25, 0.3) is 0 Å². The van der Waals surface area contributed by atoms with E-state index < -0.39 is 0 Å². The molecule has 0 fully saturated rings. The summed E-state index contributed by atoms with van der Waals surface area (Å²) < 4.78 is 5.45. The highest BCUT2D eigenvalue weighted by Crippen LogP contribution is 2.26. The number of ether oxygens (including phenoxy) is 1. The molecule has 0 amide bonds. The summed E-state index contributed by atoms with van der Waals surface area (Å²) in [6, 6.07) is 5.48. The predicted molar refractivity (Wildman–Crippen MR) is 69.9 cm³/mol. The molecule has 1 aromatic carbocycles. The third-order valence-corrected chi connectivity index (χ3v) is 2.87. The zero-order valence-corrected chi connectivity index (χ0v) is 11.6. The van der Waals surface area contributed by atoms with Gasteiger partial charge in [-0.25, -0.2) is 0 Å². The van der Waals surface area contributed by atoms with Gasteiger partial charge in [-0.2, -0.15) is 0 Å². The number of halogens is 2. The largest absolute Gasteiger partial charge is 0.493 e. The van der Waals surface area contributed by atoms with Crippen LogP contribution < -0.4 is 4.74 Å². The Hall–Kier alpha value is -0.540. The van der Waals surface area contributed by atoms with Crippen molar-refractivity contribution in [2.24, 2.45) is 0 Å². The van der Waals surface area contributed by atoms with Crippen LogP contribution in [-0.4, -0.2) is 17.2 Å². The van der Waals surface area contributed by atoms with E-state index >= 15 is 0 Å². The van der Waals surface area contributed by atoms with Gasteiger partial charge < -0.3 is 4.74 Å². The Morgan fingerprint density at radius 1 is 1.56 bits per heavy atom. The van der Waals surface area contributed by atoms with Crippen LogP contribution in [0.2, 0.25) is 0 Å². The fraction of sp³-hybridized carbons (Fsp3) is 0.417. The van der Waals surface area contributed by atoms with Crippen LogP contribution in [0.3, 0.4) is 0 Å². The topological polar surface area (TPSA) is 26.3 Å². The molecule has 0 saturated carbocycles. The van der Waals surface area contributed by atoms with Crippen molar-refractivity contribution in [2.75, 3.05) is 6.61 Å². The molecule has 1 atom stereocenters.